The molecule has 5 nitrogen and oxygen atoms in total. The molecular formula is C16H24N2O3. The lowest BCUT2D eigenvalue weighted by molar-refractivity contribution is -0.143. The van der Waals surface area contributed by atoms with Crippen LogP contribution in [0.2, 0.25) is 0 Å². The maximum Gasteiger partial charge on any atom is 0.329 e. The predicted molar refractivity (Wildman–Crippen MR) is 82.2 cm³/mol. The first-order valence-corrected chi connectivity index (χ1v) is 7.23. The van der Waals surface area contributed by atoms with E-state index in [1.807, 2.05) is 37.3 Å². The fourth-order valence-electron chi connectivity index (χ4n) is 1.90. The number of carboxylic acid groups (broad SMARTS) is 1. The molecule has 0 spiro atoms. The zero-order valence-electron chi connectivity index (χ0n) is 12.8. The van der Waals surface area contributed by atoms with Gasteiger partial charge in [0.2, 0.25) is 0 Å². The average molecular weight is 292 g/mol. The number of carbonyl (C=O) groups excluding carboxylic acids is 1. The van der Waals surface area contributed by atoms with Crippen LogP contribution in [0, 0.1) is 0 Å². The van der Waals surface area contributed by atoms with Crippen LogP contribution in [0.1, 0.15) is 39.2 Å². The van der Waals surface area contributed by atoms with E-state index in [9.17, 15) is 9.59 Å². The Hall–Kier alpha value is -2.04. The van der Waals surface area contributed by atoms with E-state index in [0.717, 1.165) is 12.8 Å². The Kier molecular flexibility index (Phi) is 6.21. The Morgan fingerprint density at radius 1 is 1.29 bits per heavy atom. The number of carbonyl (C=O) groups is 2. The third-order valence-corrected chi connectivity index (χ3v) is 3.65. The number of rotatable bonds is 7. The topological polar surface area (TPSA) is 78.4 Å². The quantitative estimate of drug-likeness (QED) is 0.722. The number of nitrogens with one attached hydrogen (secondary N) is 2. The molecule has 0 aromatic heterocycles. The van der Waals surface area contributed by atoms with Crippen molar-refractivity contribution >= 4 is 12.0 Å². The molecule has 3 N–H and O–H groups in total. The maximum atomic E-state index is 11.9. The second kappa shape index (κ2) is 7.67. The standard InChI is InChI=1S/C16H24N2O3/c1-4-16(3,14(19)20)18-15(21)17-12(2)10-11-13-8-6-5-7-9-13/h5-9,12H,4,10-11H2,1-3H3,(H,19,20)(H2,17,18,21). The van der Waals surface area contributed by atoms with Crippen molar-refractivity contribution in [3.8, 4) is 0 Å². The lowest BCUT2D eigenvalue weighted by Gasteiger charge is -2.26. The fourth-order valence-corrected chi connectivity index (χ4v) is 1.90. The summed E-state index contributed by atoms with van der Waals surface area (Å²) in [6, 6.07) is 9.56. The minimum Gasteiger partial charge on any atom is -0.480 e. The first kappa shape index (κ1) is 17.0. The van der Waals surface area contributed by atoms with Crippen LogP contribution in [-0.2, 0) is 11.2 Å². The molecule has 0 aliphatic heterocycles. The third-order valence-electron chi connectivity index (χ3n) is 3.65. The zero-order chi connectivity index (χ0) is 15.9. The second-order valence-corrected chi connectivity index (χ2v) is 5.51. The summed E-state index contributed by atoms with van der Waals surface area (Å²) < 4.78 is 0. The van der Waals surface area contributed by atoms with E-state index in [-0.39, 0.29) is 6.04 Å². The summed E-state index contributed by atoms with van der Waals surface area (Å²) in [6.07, 6.45) is 1.99. The van der Waals surface area contributed by atoms with Gasteiger partial charge >= 0.3 is 12.0 Å². The Labute approximate surface area is 125 Å². The van der Waals surface area contributed by atoms with E-state index in [4.69, 9.17) is 5.11 Å². The van der Waals surface area contributed by atoms with Crippen molar-refractivity contribution in [2.24, 2.45) is 0 Å². The van der Waals surface area contributed by atoms with Gasteiger partial charge in [0.1, 0.15) is 5.54 Å². The molecule has 1 aromatic carbocycles. The van der Waals surface area contributed by atoms with E-state index in [2.05, 4.69) is 10.6 Å². The van der Waals surface area contributed by atoms with E-state index in [0.29, 0.717) is 6.42 Å². The molecule has 0 bridgehead atoms. The summed E-state index contributed by atoms with van der Waals surface area (Å²) in [6.45, 7) is 5.14. The summed E-state index contributed by atoms with van der Waals surface area (Å²) in [5.74, 6) is -1.03. The van der Waals surface area contributed by atoms with Gasteiger partial charge in [-0.05, 0) is 38.7 Å². The number of hydrogen-bond acceptors (Lipinski definition) is 2. The molecule has 0 saturated heterocycles. The monoisotopic (exact) mass is 292 g/mol. The van der Waals surface area contributed by atoms with Crippen molar-refractivity contribution in [2.45, 2.75) is 51.6 Å². The third kappa shape index (κ3) is 5.45. The van der Waals surface area contributed by atoms with Gasteiger partial charge < -0.3 is 15.7 Å². The molecule has 1 aromatic rings. The summed E-state index contributed by atoms with van der Waals surface area (Å²) in [7, 11) is 0. The average Bonchev–Trinajstić information content (AvgIpc) is 2.45. The maximum absolute atomic E-state index is 11.9. The highest BCUT2D eigenvalue weighted by Crippen LogP contribution is 2.09. The van der Waals surface area contributed by atoms with Gasteiger partial charge in [-0.2, -0.15) is 0 Å². The minimum atomic E-state index is -1.23. The molecule has 0 saturated carbocycles. The van der Waals surface area contributed by atoms with Crippen molar-refractivity contribution in [1.82, 2.24) is 10.6 Å². The molecule has 21 heavy (non-hydrogen) atoms. The molecule has 0 aliphatic carbocycles. The van der Waals surface area contributed by atoms with Crippen LogP contribution in [0.3, 0.4) is 0 Å². The van der Waals surface area contributed by atoms with E-state index in [1.165, 1.54) is 12.5 Å². The molecular weight excluding hydrogens is 268 g/mol. The smallest absolute Gasteiger partial charge is 0.329 e. The van der Waals surface area contributed by atoms with Gasteiger partial charge in [-0.25, -0.2) is 9.59 Å². The highest BCUT2D eigenvalue weighted by atomic mass is 16.4. The van der Waals surface area contributed by atoms with Crippen LogP contribution in [0.15, 0.2) is 30.3 Å². The van der Waals surface area contributed by atoms with Crippen LogP contribution >= 0.6 is 0 Å². The molecule has 5 heteroatoms. The van der Waals surface area contributed by atoms with E-state index >= 15 is 0 Å². The SMILES string of the molecule is CCC(C)(NC(=O)NC(C)CCc1ccccc1)C(=O)O. The van der Waals surface area contributed by atoms with Gasteiger partial charge in [0, 0.05) is 6.04 Å². The van der Waals surface area contributed by atoms with Crippen LogP contribution < -0.4 is 10.6 Å². The summed E-state index contributed by atoms with van der Waals surface area (Å²) in [4.78, 5) is 23.0. The first-order chi connectivity index (χ1) is 9.87. The van der Waals surface area contributed by atoms with Crippen molar-refractivity contribution in [3.05, 3.63) is 35.9 Å². The van der Waals surface area contributed by atoms with E-state index < -0.39 is 17.5 Å². The number of carboxylic acids is 1. The number of urea groups is 1. The Bertz CT molecular complexity index is 476. The van der Waals surface area contributed by atoms with Crippen molar-refractivity contribution in [3.63, 3.8) is 0 Å². The highest BCUT2D eigenvalue weighted by Gasteiger charge is 2.32. The zero-order valence-corrected chi connectivity index (χ0v) is 12.8. The number of hydrogen-bond donors (Lipinski definition) is 3. The van der Waals surface area contributed by atoms with Gasteiger partial charge in [-0.1, -0.05) is 37.3 Å². The molecule has 2 unspecified atom stereocenters. The molecule has 2 atom stereocenters. The molecule has 1 rings (SSSR count). The molecule has 0 heterocycles. The van der Waals surface area contributed by atoms with Gasteiger partial charge in [0.15, 0.2) is 0 Å². The van der Waals surface area contributed by atoms with Crippen LogP contribution in [-0.4, -0.2) is 28.7 Å². The van der Waals surface area contributed by atoms with Gasteiger partial charge in [0.05, 0.1) is 0 Å². The summed E-state index contributed by atoms with van der Waals surface area (Å²) in [5.41, 5.74) is -0.0149. The van der Waals surface area contributed by atoms with Crippen molar-refractivity contribution in [1.29, 1.82) is 0 Å². The van der Waals surface area contributed by atoms with Gasteiger partial charge in [-0.15, -0.1) is 0 Å². The predicted octanol–water partition coefficient (Wildman–Crippen LogP) is 2.56. The van der Waals surface area contributed by atoms with E-state index in [1.54, 1.807) is 6.92 Å². The second-order valence-electron chi connectivity index (χ2n) is 5.51. The first-order valence-electron chi connectivity index (χ1n) is 7.23. The lowest BCUT2D eigenvalue weighted by atomic mass is 10.00. The molecule has 0 aliphatic rings. The number of benzene rings is 1. The van der Waals surface area contributed by atoms with Crippen LogP contribution in [0.4, 0.5) is 4.79 Å². The minimum absolute atomic E-state index is 0.0277. The molecule has 0 fully saturated rings. The number of amides is 2. The summed E-state index contributed by atoms with van der Waals surface area (Å²) >= 11 is 0. The van der Waals surface area contributed by atoms with Crippen LogP contribution in [0.5, 0.6) is 0 Å². The van der Waals surface area contributed by atoms with Gasteiger partial charge in [-0.3, -0.25) is 0 Å². The molecule has 0 radical (unpaired) electrons. The highest BCUT2D eigenvalue weighted by molar-refractivity contribution is 5.85. The lowest BCUT2D eigenvalue weighted by Crippen LogP contribution is -2.56. The Morgan fingerprint density at radius 3 is 2.43 bits per heavy atom. The van der Waals surface area contributed by atoms with Crippen molar-refractivity contribution < 1.29 is 14.7 Å². The number of aryl methyl sites for hydroxylation is 1. The molecule has 116 valence electrons. The Morgan fingerprint density at radius 2 is 1.90 bits per heavy atom. The van der Waals surface area contributed by atoms with Crippen LogP contribution in [0.25, 0.3) is 0 Å². The summed E-state index contributed by atoms with van der Waals surface area (Å²) in [5, 5.41) is 14.4. The largest absolute Gasteiger partial charge is 0.480 e. The fraction of sp³-hybridized carbons (Fsp3) is 0.500. The van der Waals surface area contributed by atoms with Gasteiger partial charge in [0.25, 0.3) is 0 Å². The Balaban J connectivity index is 2.42. The normalized spacial score (nSPS) is 14.8. The number of aliphatic carboxylic acids is 1. The van der Waals surface area contributed by atoms with Crippen molar-refractivity contribution in [2.75, 3.05) is 0 Å². The molecule has 2 amide bonds.